The predicted molar refractivity (Wildman–Crippen MR) is 90.4 cm³/mol. The molecule has 7 heteroatoms. The third-order valence-corrected chi connectivity index (χ3v) is 5.45. The Morgan fingerprint density at radius 1 is 1.32 bits per heavy atom. The number of piperidine rings is 3. The summed E-state index contributed by atoms with van der Waals surface area (Å²) in [6.07, 6.45) is 3.85. The molecule has 3 fully saturated rings. The summed E-state index contributed by atoms with van der Waals surface area (Å²) in [5, 5.41) is 0.669. The molecule has 0 radical (unpaired) electrons. The molecule has 1 unspecified atom stereocenters. The fourth-order valence-electron chi connectivity index (χ4n) is 3.96. The van der Waals surface area contributed by atoms with Crippen molar-refractivity contribution in [2.45, 2.75) is 18.9 Å². The van der Waals surface area contributed by atoms with Gasteiger partial charge in [-0.25, -0.2) is 4.79 Å². The van der Waals surface area contributed by atoms with Crippen molar-refractivity contribution in [3.8, 4) is 0 Å². The summed E-state index contributed by atoms with van der Waals surface area (Å²) >= 11 is 0. The molecule has 3 saturated heterocycles. The van der Waals surface area contributed by atoms with Gasteiger partial charge in [-0.2, -0.15) is 0 Å². The van der Waals surface area contributed by atoms with Crippen molar-refractivity contribution in [1.82, 2.24) is 14.8 Å². The Balaban J connectivity index is 1.58. The van der Waals surface area contributed by atoms with Gasteiger partial charge in [-0.15, -0.1) is 0 Å². The van der Waals surface area contributed by atoms with Crippen molar-refractivity contribution >= 4 is 22.8 Å². The molecule has 3 aliphatic rings. The molecule has 0 spiro atoms. The minimum atomic E-state index is -0.548. The van der Waals surface area contributed by atoms with E-state index < -0.39 is 5.97 Å². The van der Waals surface area contributed by atoms with Gasteiger partial charge in [0.2, 0.25) is 5.76 Å². The molecule has 25 heavy (non-hydrogen) atoms. The minimum Gasteiger partial charge on any atom is -0.463 e. The van der Waals surface area contributed by atoms with E-state index in [0.29, 0.717) is 22.6 Å². The second kappa shape index (κ2) is 6.15. The molecule has 132 valence electrons. The molecule has 2 bridgehead atoms. The highest BCUT2D eigenvalue weighted by molar-refractivity contribution is 5.97. The Bertz CT molecular complexity index is 823. The molecule has 2 aromatic heterocycles. The van der Waals surface area contributed by atoms with Gasteiger partial charge in [-0.3, -0.25) is 9.78 Å². The van der Waals surface area contributed by atoms with Gasteiger partial charge in [0, 0.05) is 43.4 Å². The number of likely N-dealkylation sites (N-methyl/N-ethyl adjacent to an activating group) is 1. The van der Waals surface area contributed by atoms with E-state index in [-0.39, 0.29) is 17.7 Å². The molecule has 1 atom stereocenters. The summed E-state index contributed by atoms with van der Waals surface area (Å²) in [5.74, 6) is 0.0111. The van der Waals surface area contributed by atoms with E-state index in [2.05, 4.69) is 14.6 Å². The highest BCUT2D eigenvalue weighted by Gasteiger charge is 2.38. The fourth-order valence-corrected chi connectivity index (χ4v) is 3.96. The quantitative estimate of drug-likeness (QED) is 0.791. The molecule has 1 amide bonds. The van der Waals surface area contributed by atoms with Crippen LogP contribution in [0.4, 0.5) is 0 Å². The number of hydrogen-bond donors (Lipinski definition) is 0. The van der Waals surface area contributed by atoms with Crippen LogP contribution in [0.15, 0.2) is 22.7 Å². The smallest absolute Gasteiger partial charge is 0.373 e. The van der Waals surface area contributed by atoms with E-state index in [1.54, 1.807) is 18.3 Å². The summed E-state index contributed by atoms with van der Waals surface area (Å²) in [5.41, 5.74) is 0.790. The maximum absolute atomic E-state index is 12.9. The molecule has 2 aromatic rings. The van der Waals surface area contributed by atoms with Crippen molar-refractivity contribution in [1.29, 1.82) is 0 Å². The van der Waals surface area contributed by atoms with E-state index in [1.165, 1.54) is 7.11 Å². The second-order valence-electron chi connectivity index (χ2n) is 6.83. The number of hydrogen-bond acceptors (Lipinski definition) is 6. The van der Waals surface area contributed by atoms with Gasteiger partial charge < -0.3 is 19.0 Å². The Hall–Kier alpha value is -2.41. The van der Waals surface area contributed by atoms with Crippen LogP contribution in [-0.4, -0.2) is 66.5 Å². The summed E-state index contributed by atoms with van der Waals surface area (Å²) in [6.45, 7) is 3.20. The summed E-state index contributed by atoms with van der Waals surface area (Å²) < 4.78 is 10.1. The van der Waals surface area contributed by atoms with Gasteiger partial charge in [-0.05, 0) is 31.8 Å². The fraction of sp³-hybridized carbons (Fsp3) is 0.500. The zero-order valence-corrected chi connectivity index (χ0v) is 14.4. The van der Waals surface area contributed by atoms with Gasteiger partial charge in [0.1, 0.15) is 11.3 Å². The molecule has 0 aromatic carbocycles. The number of nitrogens with zero attached hydrogens (tertiary/aromatic N) is 3. The number of pyridine rings is 1. The summed E-state index contributed by atoms with van der Waals surface area (Å²) in [6, 6.07) is 3.40. The van der Waals surface area contributed by atoms with Crippen molar-refractivity contribution in [3.05, 3.63) is 29.8 Å². The highest BCUT2D eigenvalue weighted by atomic mass is 16.5. The Labute approximate surface area is 145 Å². The molecule has 7 nitrogen and oxygen atoms in total. The Kier molecular flexibility index (Phi) is 3.95. The average Bonchev–Trinajstić information content (AvgIpc) is 3.10. The molecule has 5 rings (SSSR count). The van der Waals surface area contributed by atoms with Crippen LogP contribution in [0.1, 0.15) is 33.9 Å². The lowest BCUT2D eigenvalue weighted by molar-refractivity contribution is 0.0159. The number of aromatic nitrogens is 1. The normalized spacial score (nSPS) is 25.1. The van der Waals surface area contributed by atoms with Gasteiger partial charge >= 0.3 is 5.97 Å². The number of ether oxygens (including phenoxy) is 1. The molecule has 5 heterocycles. The minimum absolute atomic E-state index is 0.106. The van der Waals surface area contributed by atoms with E-state index in [1.807, 2.05) is 11.9 Å². The van der Waals surface area contributed by atoms with Crippen LogP contribution in [0.2, 0.25) is 0 Å². The first-order valence-electron chi connectivity index (χ1n) is 8.54. The van der Waals surface area contributed by atoms with Crippen LogP contribution in [0.3, 0.4) is 0 Å². The van der Waals surface area contributed by atoms with Crippen LogP contribution in [0.25, 0.3) is 11.0 Å². The first-order valence-corrected chi connectivity index (χ1v) is 8.54. The Morgan fingerprint density at radius 3 is 2.72 bits per heavy atom. The zero-order valence-electron chi connectivity index (χ0n) is 14.4. The standard InChI is InChI=1S/C18H21N3O4/c1-20(14-10-21-5-3-11(14)4-6-21)17(22)13-8-15-12(9-19-13)7-16(25-15)18(23)24-2/h7-9,11,14H,3-6,10H2,1-2H3. The first-order chi connectivity index (χ1) is 12.1. The highest BCUT2D eigenvalue weighted by Crippen LogP contribution is 2.31. The zero-order chi connectivity index (χ0) is 17.6. The number of furan rings is 1. The lowest BCUT2D eigenvalue weighted by Gasteiger charge is -2.48. The first kappa shape index (κ1) is 16.1. The van der Waals surface area contributed by atoms with Crippen molar-refractivity contribution in [3.63, 3.8) is 0 Å². The van der Waals surface area contributed by atoms with Crippen molar-refractivity contribution in [2.24, 2.45) is 5.92 Å². The topological polar surface area (TPSA) is 75.9 Å². The molecule has 0 N–H and O–H groups in total. The average molecular weight is 343 g/mol. The number of fused-ring (bicyclic) bond motifs is 4. The largest absolute Gasteiger partial charge is 0.463 e. The van der Waals surface area contributed by atoms with E-state index >= 15 is 0 Å². The van der Waals surface area contributed by atoms with Gasteiger partial charge in [0.05, 0.1) is 7.11 Å². The SMILES string of the molecule is COC(=O)c1cc2cnc(C(=O)N(C)C3CN4CCC3CC4)cc2o1. The number of amides is 1. The summed E-state index contributed by atoms with van der Waals surface area (Å²) in [7, 11) is 3.15. The lowest BCUT2D eigenvalue weighted by Crippen LogP contribution is -2.57. The number of rotatable bonds is 3. The van der Waals surface area contributed by atoms with Crippen LogP contribution < -0.4 is 0 Å². The number of carbonyl (C=O) groups excluding carboxylic acids is 2. The Morgan fingerprint density at radius 2 is 2.08 bits per heavy atom. The van der Waals surface area contributed by atoms with Crippen LogP contribution in [0, 0.1) is 5.92 Å². The number of carbonyl (C=O) groups is 2. The monoisotopic (exact) mass is 343 g/mol. The van der Waals surface area contributed by atoms with Crippen molar-refractivity contribution < 1.29 is 18.7 Å². The van der Waals surface area contributed by atoms with Crippen molar-refractivity contribution in [2.75, 3.05) is 33.8 Å². The lowest BCUT2D eigenvalue weighted by atomic mass is 9.83. The number of esters is 1. The second-order valence-corrected chi connectivity index (χ2v) is 6.83. The number of methoxy groups -OCH3 is 1. The van der Waals surface area contributed by atoms with E-state index in [9.17, 15) is 9.59 Å². The third kappa shape index (κ3) is 2.78. The summed E-state index contributed by atoms with van der Waals surface area (Å²) in [4.78, 5) is 32.9. The maximum atomic E-state index is 12.9. The molecule has 0 saturated carbocycles. The van der Waals surface area contributed by atoms with Crippen LogP contribution in [0.5, 0.6) is 0 Å². The molecular formula is C18H21N3O4. The van der Waals surface area contributed by atoms with E-state index in [4.69, 9.17) is 4.42 Å². The molecule has 0 aliphatic carbocycles. The third-order valence-electron chi connectivity index (χ3n) is 5.45. The molecule has 3 aliphatic heterocycles. The van der Waals surface area contributed by atoms with Crippen LogP contribution >= 0.6 is 0 Å². The molecular weight excluding hydrogens is 322 g/mol. The predicted octanol–water partition coefficient (Wildman–Crippen LogP) is 1.78. The maximum Gasteiger partial charge on any atom is 0.373 e. The van der Waals surface area contributed by atoms with Gasteiger partial charge in [-0.1, -0.05) is 0 Å². The van der Waals surface area contributed by atoms with Gasteiger partial charge in [0.15, 0.2) is 0 Å². The van der Waals surface area contributed by atoms with E-state index in [0.717, 1.165) is 32.5 Å². The van der Waals surface area contributed by atoms with Crippen LogP contribution in [-0.2, 0) is 4.74 Å². The van der Waals surface area contributed by atoms with Gasteiger partial charge in [0.25, 0.3) is 5.91 Å².